The van der Waals surface area contributed by atoms with E-state index in [2.05, 4.69) is 18.9 Å². The second kappa shape index (κ2) is 5.27. The molecule has 0 amide bonds. The molecule has 1 aromatic rings. The number of likely N-dealkylation sites (N-methyl/N-ethyl adjacent to an activating group) is 1. The van der Waals surface area contributed by atoms with Crippen molar-refractivity contribution in [2.24, 2.45) is 0 Å². The number of nitrogens with zero attached hydrogens (tertiary/aromatic N) is 2. The van der Waals surface area contributed by atoms with Crippen LogP contribution in [0.3, 0.4) is 0 Å². The molecule has 0 bridgehead atoms. The largest absolute Gasteiger partial charge is 0.478 e. The van der Waals surface area contributed by atoms with Gasteiger partial charge in [-0.05, 0) is 26.1 Å². The Bertz CT molecular complexity index is 507. The van der Waals surface area contributed by atoms with Gasteiger partial charge in [-0.2, -0.15) is 0 Å². The fourth-order valence-electron chi connectivity index (χ4n) is 2.55. The van der Waals surface area contributed by atoms with Crippen LogP contribution in [0.2, 0.25) is 5.02 Å². The van der Waals surface area contributed by atoms with Crippen LogP contribution in [0.15, 0.2) is 12.1 Å². The highest BCUT2D eigenvalue weighted by Gasteiger charge is 2.27. The van der Waals surface area contributed by atoms with Gasteiger partial charge in [-0.15, -0.1) is 0 Å². The van der Waals surface area contributed by atoms with E-state index in [4.69, 9.17) is 17.3 Å². The van der Waals surface area contributed by atoms with Crippen molar-refractivity contribution < 1.29 is 9.90 Å². The molecule has 0 spiro atoms. The van der Waals surface area contributed by atoms with Crippen molar-refractivity contribution in [1.29, 1.82) is 0 Å². The minimum Gasteiger partial charge on any atom is -0.478 e. The van der Waals surface area contributed by atoms with Gasteiger partial charge in [0.05, 0.1) is 16.3 Å². The third-order valence-electron chi connectivity index (χ3n) is 3.43. The average molecular weight is 284 g/mol. The van der Waals surface area contributed by atoms with E-state index in [1.54, 1.807) is 6.07 Å². The summed E-state index contributed by atoms with van der Waals surface area (Å²) in [4.78, 5) is 15.7. The van der Waals surface area contributed by atoms with Crippen molar-refractivity contribution in [3.8, 4) is 0 Å². The molecule has 0 saturated carbocycles. The third-order valence-corrected chi connectivity index (χ3v) is 3.72. The van der Waals surface area contributed by atoms with E-state index in [1.807, 2.05) is 4.90 Å². The molecule has 1 fully saturated rings. The smallest absolute Gasteiger partial charge is 0.337 e. The molecule has 0 aliphatic carbocycles. The molecule has 0 aromatic heterocycles. The molecule has 1 unspecified atom stereocenters. The predicted octanol–water partition coefficient (Wildman–Crippen LogP) is 1.76. The highest BCUT2D eigenvalue weighted by Crippen LogP contribution is 2.34. The van der Waals surface area contributed by atoms with E-state index in [1.165, 1.54) is 6.07 Å². The topological polar surface area (TPSA) is 69.8 Å². The number of halogens is 1. The van der Waals surface area contributed by atoms with Crippen LogP contribution in [0.5, 0.6) is 0 Å². The molecule has 1 aromatic carbocycles. The number of carboxylic acids is 1. The lowest BCUT2D eigenvalue weighted by Crippen LogP contribution is -2.51. The summed E-state index contributed by atoms with van der Waals surface area (Å²) in [6.45, 7) is 4.57. The van der Waals surface area contributed by atoms with E-state index < -0.39 is 5.97 Å². The Morgan fingerprint density at radius 1 is 1.47 bits per heavy atom. The van der Waals surface area contributed by atoms with Crippen LogP contribution in [0.4, 0.5) is 11.4 Å². The van der Waals surface area contributed by atoms with Crippen LogP contribution < -0.4 is 10.6 Å². The normalized spacial score (nSPS) is 20.6. The van der Waals surface area contributed by atoms with Gasteiger partial charge in [0.15, 0.2) is 0 Å². The number of nitrogen functional groups attached to an aromatic ring is 1. The van der Waals surface area contributed by atoms with Gasteiger partial charge in [-0.25, -0.2) is 4.79 Å². The van der Waals surface area contributed by atoms with Crippen LogP contribution >= 0.6 is 11.6 Å². The van der Waals surface area contributed by atoms with E-state index >= 15 is 0 Å². The van der Waals surface area contributed by atoms with Gasteiger partial charge in [-0.1, -0.05) is 11.6 Å². The van der Waals surface area contributed by atoms with Crippen molar-refractivity contribution in [1.82, 2.24) is 4.90 Å². The first-order valence-corrected chi connectivity index (χ1v) is 6.55. The number of piperazine rings is 1. The fourth-order valence-corrected chi connectivity index (χ4v) is 2.88. The van der Waals surface area contributed by atoms with Crippen molar-refractivity contribution in [3.05, 3.63) is 22.7 Å². The monoisotopic (exact) mass is 283 g/mol. The maximum absolute atomic E-state index is 11.4. The summed E-state index contributed by atoms with van der Waals surface area (Å²) in [5.41, 5.74) is 6.79. The minimum atomic E-state index is -1.00. The second-order valence-electron chi connectivity index (χ2n) is 5.01. The zero-order valence-corrected chi connectivity index (χ0v) is 11.8. The van der Waals surface area contributed by atoms with E-state index in [0.29, 0.717) is 16.4 Å². The maximum atomic E-state index is 11.4. The SMILES string of the molecule is CC1CN(C)CCN1c1c(Cl)cc(N)cc1C(=O)O. The van der Waals surface area contributed by atoms with Gasteiger partial charge in [0.1, 0.15) is 0 Å². The van der Waals surface area contributed by atoms with Gasteiger partial charge in [0.25, 0.3) is 0 Å². The molecule has 2 rings (SSSR count). The van der Waals surface area contributed by atoms with Gasteiger partial charge in [0, 0.05) is 31.4 Å². The quantitative estimate of drug-likeness (QED) is 0.810. The van der Waals surface area contributed by atoms with Crippen LogP contribution in [0.1, 0.15) is 17.3 Å². The maximum Gasteiger partial charge on any atom is 0.337 e. The van der Waals surface area contributed by atoms with Crippen molar-refractivity contribution >= 4 is 28.9 Å². The summed E-state index contributed by atoms with van der Waals surface area (Å²) >= 11 is 6.22. The average Bonchev–Trinajstić information content (AvgIpc) is 2.29. The predicted molar refractivity (Wildman–Crippen MR) is 77.1 cm³/mol. The summed E-state index contributed by atoms with van der Waals surface area (Å²) in [7, 11) is 2.05. The first-order chi connectivity index (χ1) is 8.90. The molecule has 1 aliphatic heterocycles. The Labute approximate surface area is 117 Å². The van der Waals surface area contributed by atoms with Crippen molar-refractivity contribution in [2.75, 3.05) is 37.3 Å². The number of nitrogens with two attached hydrogens (primary N) is 1. The third kappa shape index (κ3) is 2.77. The number of carbonyl (C=O) groups is 1. The molecule has 1 aliphatic rings. The molecule has 104 valence electrons. The van der Waals surface area contributed by atoms with Crippen LogP contribution in [-0.2, 0) is 0 Å². The Balaban J connectivity index is 2.46. The lowest BCUT2D eigenvalue weighted by Gasteiger charge is -2.40. The van der Waals surface area contributed by atoms with E-state index in [9.17, 15) is 9.90 Å². The van der Waals surface area contributed by atoms with Crippen molar-refractivity contribution in [2.45, 2.75) is 13.0 Å². The summed E-state index contributed by atoms with van der Waals surface area (Å²) in [5.74, 6) is -1.00. The standard InChI is InChI=1S/C13H18ClN3O2/c1-8-7-16(2)3-4-17(8)12-10(13(18)19)5-9(15)6-11(12)14/h5-6,8H,3-4,7,15H2,1-2H3,(H,18,19). The van der Waals surface area contributed by atoms with Gasteiger partial charge in [0.2, 0.25) is 0 Å². The van der Waals surface area contributed by atoms with Crippen LogP contribution in [-0.4, -0.2) is 48.7 Å². The molecule has 19 heavy (non-hydrogen) atoms. The van der Waals surface area contributed by atoms with Gasteiger partial charge >= 0.3 is 5.97 Å². The number of anilines is 2. The summed E-state index contributed by atoms with van der Waals surface area (Å²) in [6.07, 6.45) is 0. The molecule has 6 heteroatoms. The van der Waals surface area contributed by atoms with Crippen molar-refractivity contribution in [3.63, 3.8) is 0 Å². The number of aromatic carboxylic acids is 1. The molecular weight excluding hydrogens is 266 g/mol. The molecule has 1 saturated heterocycles. The van der Waals surface area contributed by atoms with Gasteiger partial charge in [-0.3, -0.25) is 0 Å². The first kappa shape index (κ1) is 14.0. The molecule has 5 nitrogen and oxygen atoms in total. The van der Waals surface area contributed by atoms with Gasteiger partial charge < -0.3 is 20.6 Å². The lowest BCUT2D eigenvalue weighted by atomic mass is 10.1. The first-order valence-electron chi connectivity index (χ1n) is 6.17. The highest BCUT2D eigenvalue weighted by atomic mass is 35.5. The summed E-state index contributed by atoms with van der Waals surface area (Å²) in [6, 6.07) is 3.28. The fraction of sp³-hybridized carbons (Fsp3) is 0.462. The van der Waals surface area contributed by atoms with Crippen LogP contribution in [0.25, 0.3) is 0 Å². The minimum absolute atomic E-state index is 0.168. The Morgan fingerprint density at radius 3 is 2.74 bits per heavy atom. The number of carboxylic acid groups (broad SMARTS) is 1. The lowest BCUT2D eigenvalue weighted by molar-refractivity contribution is 0.0697. The molecule has 1 atom stereocenters. The Morgan fingerprint density at radius 2 is 2.16 bits per heavy atom. The van der Waals surface area contributed by atoms with E-state index in [-0.39, 0.29) is 11.6 Å². The second-order valence-corrected chi connectivity index (χ2v) is 5.42. The number of hydrogen-bond acceptors (Lipinski definition) is 4. The Hall–Kier alpha value is -1.46. The number of rotatable bonds is 2. The zero-order chi connectivity index (χ0) is 14.2. The Kier molecular flexibility index (Phi) is 3.87. The summed E-state index contributed by atoms with van der Waals surface area (Å²) < 4.78 is 0. The molecule has 3 N–H and O–H groups in total. The zero-order valence-electron chi connectivity index (χ0n) is 11.1. The number of hydrogen-bond donors (Lipinski definition) is 2. The molecule has 1 heterocycles. The summed E-state index contributed by atoms with van der Waals surface area (Å²) in [5, 5.41) is 9.73. The van der Waals surface area contributed by atoms with E-state index in [0.717, 1.165) is 19.6 Å². The van der Waals surface area contributed by atoms with Crippen LogP contribution in [0, 0.1) is 0 Å². The molecular formula is C13H18ClN3O2. The number of benzene rings is 1. The highest BCUT2D eigenvalue weighted by molar-refractivity contribution is 6.34. The molecule has 0 radical (unpaired) electrons.